The minimum atomic E-state index is 0.0322. The minimum Gasteiger partial charge on any atom is -0.352 e. The van der Waals surface area contributed by atoms with E-state index in [-0.39, 0.29) is 5.91 Å². The van der Waals surface area contributed by atoms with Crippen molar-refractivity contribution in [2.45, 2.75) is 54.1 Å². The summed E-state index contributed by atoms with van der Waals surface area (Å²) in [6, 6.07) is 0. The van der Waals surface area contributed by atoms with Crippen LogP contribution in [0.4, 0.5) is 0 Å². The molecule has 114 valence electrons. The normalized spacial score (nSPS) is 10.9. The maximum absolute atomic E-state index is 12.1. The van der Waals surface area contributed by atoms with Crippen molar-refractivity contribution in [1.29, 1.82) is 0 Å². The molecule has 0 aliphatic heterocycles. The molecule has 0 unspecified atom stereocenters. The third-order valence-electron chi connectivity index (χ3n) is 3.61. The van der Waals surface area contributed by atoms with E-state index in [0.717, 1.165) is 39.1 Å². The highest BCUT2D eigenvalue weighted by molar-refractivity contribution is 7.11. The number of hydrogen-bond acceptors (Lipinski definition) is 4. The predicted octanol–water partition coefficient (Wildman–Crippen LogP) is 2.45. The topological polar surface area (TPSA) is 59.8 Å². The van der Waals surface area contributed by atoms with Crippen LogP contribution in [0.15, 0.2) is 0 Å². The van der Waals surface area contributed by atoms with Gasteiger partial charge in [-0.1, -0.05) is 0 Å². The summed E-state index contributed by atoms with van der Waals surface area (Å²) in [7, 11) is 0. The highest BCUT2D eigenvalue weighted by Crippen LogP contribution is 2.18. The Hall–Kier alpha value is -1.69. The van der Waals surface area contributed by atoms with Crippen LogP contribution in [0.1, 0.15) is 39.5 Å². The second-order valence-corrected chi connectivity index (χ2v) is 6.45. The Bertz CT molecular complexity index is 657. The summed E-state index contributed by atoms with van der Waals surface area (Å²) < 4.78 is 1.97. The van der Waals surface area contributed by atoms with Gasteiger partial charge in [-0.15, -0.1) is 11.3 Å². The molecule has 2 rings (SSSR count). The van der Waals surface area contributed by atoms with Gasteiger partial charge in [-0.3, -0.25) is 9.48 Å². The van der Waals surface area contributed by atoms with Crippen molar-refractivity contribution >= 4 is 17.2 Å². The summed E-state index contributed by atoms with van der Waals surface area (Å²) in [5.41, 5.74) is 4.18. The molecule has 1 amide bonds. The second-order valence-electron chi connectivity index (χ2n) is 5.16. The molecule has 21 heavy (non-hydrogen) atoms. The fraction of sp³-hybridized carbons (Fsp3) is 0.533. The molecule has 0 fully saturated rings. The Balaban J connectivity index is 1.98. The van der Waals surface area contributed by atoms with Crippen LogP contribution in [0.5, 0.6) is 0 Å². The zero-order chi connectivity index (χ0) is 15.6. The van der Waals surface area contributed by atoms with Crippen LogP contribution >= 0.6 is 11.3 Å². The maximum atomic E-state index is 12.1. The van der Waals surface area contributed by atoms with Crippen LogP contribution in [0, 0.1) is 27.7 Å². The number of aromatic nitrogens is 3. The van der Waals surface area contributed by atoms with Crippen LogP contribution < -0.4 is 5.32 Å². The lowest BCUT2D eigenvalue weighted by Crippen LogP contribution is -2.25. The Morgan fingerprint density at radius 2 is 1.95 bits per heavy atom. The molecule has 0 aromatic carbocycles. The largest absolute Gasteiger partial charge is 0.352 e. The monoisotopic (exact) mass is 306 g/mol. The summed E-state index contributed by atoms with van der Waals surface area (Å²) in [5.74, 6) is 0.0322. The summed E-state index contributed by atoms with van der Waals surface area (Å²) in [4.78, 5) is 17.5. The number of carbonyl (C=O) groups is 1. The van der Waals surface area contributed by atoms with E-state index >= 15 is 0 Å². The molecule has 1 N–H and O–H groups in total. The average molecular weight is 306 g/mol. The first-order chi connectivity index (χ1) is 9.92. The van der Waals surface area contributed by atoms with Crippen LogP contribution in [0.25, 0.3) is 0 Å². The second kappa shape index (κ2) is 6.39. The maximum Gasteiger partial charge on any atom is 0.225 e. The number of aryl methyl sites for hydroxylation is 4. The van der Waals surface area contributed by atoms with Crippen molar-refractivity contribution in [3.05, 3.63) is 32.5 Å². The van der Waals surface area contributed by atoms with E-state index in [1.807, 2.05) is 32.4 Å². The molecule has 0 spiro atoms. The number of thiazole rings is 1. The number of hydrogen-bond donors (Lipinski definition) is 1. The van der Waals surface area contributed by atoms with E-state index in [0.29, 0.717) is 13.0 Å². The van der Waals surface area contributed by atoms with E-state index in [4.69, 9.17) is 0 Å². The van der Waals surface area contributed by atoms with Crippen molar-refractivity contribution in [2.24, 2.45) is 0 Å². The molecular weight excluding hydrogens is 284 g/mol. The third kappa shape index (κ3) is 3.50. The van der Waals surface area contributed by atoms with Crippen LogP contribution in [-0.2, 0) is 24.3 Å². The van der Waals surface area contributed by atoms with E-state index < -0.39 is 0 Å². The van der Waals surface area contributed by atoms with Gasteiger partial charge in [0, 0.05) is 29.2 Å². The summed E-state index contributed by atoms with van der Waals surface area (Å²) in [6.45, 7) is 11.4. The number of rotatable bonds is 5. The quantitative estimate of drug-likeness (QED) is 0.923. The third-order valence-corrected chi connectivity index (χ3v) is 4.69. The average Bonchev–Trinajstić information content (AvgIpc) is 2.87. The molecule has 2 heterocycles. The Morgan fingerprint density at radius 3 is 2.48 bits per heavy atom. The first kappa shape index (κ1) is 15.7. The Morgan fingerprint density at radius 1 is 1.24 bits per heavy atom. The van der Waals surface area contributed by atoms with Gasteiger partial charge in [0.1, 0.15) is 0 Å². The van der Waals surface area contributed by atoms with Gasteiger partial charge >= 0.3 is 0 Å². The highest BCUT2D eigenvalue weighted by Gasteiger charge is 2.13. The minimum absolute atomic E-state index is 0.0322. The number of carbonyl (C=O) groups excluding carboxylic acids is 1. The van der Waals surface area contributed by atoms with E-state index in [2.05, 4.69) is 22.3 Å². The van der Waals surface area contributed by atoms with Gasteiger partial charge in [-0.25, -0.2) is 4.98 Å². The molecule has 0 aliphatic rings. The molecule has 2 aromatic rings. The van der Waals surface area contributed by atoms with Gasteiger partial charge in [0.25, 0.3) is 0 Å². The number of amides is 1. The molecule has 0 saturated heterocycles. The SMILES string of the molecule is CCn1nc(C)c(CNC(=O)Cc2sc(C)nc2C)c1C. The zero-order valence-electron chi connectivity index (χ0n) is 13.3. The molecule has 0 atom stereocenters. The number of nitrogens with one attached hydrogen (secondary N) is 1. The fourth-order valence-corrected chi connectivity index (χ4v) is 3.37. The molecule has 6 heteroatoms. The Kier molecular flexibility index (Phi) is 4.77. The zero-order valence-corrected chi connectivity index (χ0v) is 14.1. The molecular formula is C15H22N4OS. The smallest absolute Gasteiger partial charge is 0.225 e. The van der Waals surface area contributed by atoms with Gasteiger partial charge in [0.05, 0.1) is 22.8 Å². The summed E-state index contributed by atoms with van der Waals surface area (Å²) >= 11 is 1.59. The van der Waals surface area contributed by atoms with Crippen LogP contribution in [0.3, 0.4) is 0 Å². The lowest BCUT2D eigenvalue weighted by atomic mass is 10.2. The highest BCUT2D eigenvalue weighted by atomic mass is 32.1. The molecule has 0 bridgehead atoms. The van der Waals surface area contributed by atoms with Gasteiger partial charge in [0.2, 0.25) is 5.91 Å². The molecule has 0 saturated carbocycles. The fourth-order valence-electron chi connectivity index (χ4n) is 2.43. The van der Waals surface area contributed by atoms with Gasteiger partial charge in [-0.2, -0.15) is 5.10 Å². The van der Waals surface area contributed by atoms with Crippen molar-refractivity contribution in [3.63, 3.8) is 0 Å². The van der Waals surface area contributed by atoms with E-state index in [1.54, 1.807) is 11.3 Å². The predicted molar refractivity (Wildman–Crippen MR) is 84.5 cm³/mol. The van der Waals surface area contributed by atoms with E-state index in [9.17, 15) is 4.79 Å². The number of nitrogens with zero attached hydrogens (tertiary/aromatic N) is 3. The standard InChI is InChI=1S/C15H22N4OS/c1-6-19-11(4)13(9(2)18-19)8-16-15(20)7-14-10(3)17-12(5)21-14/h6-8H2,1-5H3,(H,16,20). The van der Waals surface area contributed by atoms with Gasteiger partial charge in [-0.05, 0) is 34.6 Å². The lowest BCUT2D eigenvalue weighted by molar-refractivity contribution is -0.120. The van der Waals surface area contributed by atoms with Gasteiger partial charge < -0.3 is 5.32 Å². The van der Waals surface area contributed by atoms with Crippen molar-refractivity contribution in [3.8, 4) is 0 Å². The summed E-state index contributed by atoms with van der Waals surface area (Å²) in [6.07, 6.45) is 0.400. The van der Waals surface area contributed by atoms with Crippen molar-refractivity contribution < 1.29 is 4.79 Å². The molecule has 0 aliphatic carbocycles. The Labute approximate surface area is 129 Å². The molecule has 2 aromatic heterocycles. The lowest BCUT2D eigenvalue weighted by Gasteiger charge is -2.06. The van der Waals surface area contributed by atoms with Gasteiger partial charge in [0.15, 0.2) is 0 Å². The molecule has 5 nitrogen and oxygen atoms in total. The first-order valence-electron chi connectivity index (χ1n) is 7.14. The van der Waals surface area contributed by atoms with Crippen molar-refractivity contribution in [1.82, 2.24) is 20.1 Å². The van der Waals surface area contributed by atoms with Crippen LogP contribution in [0.2, 0.25) is 0 Å². The van der Waals surface area contributed by atoms with Crippen molar-refractivity contribution in [2.75, 3.05) is 0 Å². The molecule has 0 radical (unpaired) electrons. The van der Waals surface area contributed by atoms with Crippen LogP contribution in [-0.4, -0.2) is 20.7 Å². The van der Waals surface area contributed by atoms with E-state index in [1.165, 1.54) is 0 Å². The first-order valence-corrected chi connectivity index (χ1v) is 7.96. The summed E-state index contributed by atoms with van der Waals surface area (Å²) in [5, 5.41) is 8.46.